The topological polar surface area (TPSA) is 105 Å². The van der Waals surface area contributed by atoms with Gasteiger partial charge in [0.15, 0.2) is 5.60 Å². The molecule has 7 nitrogen and oxygen atoms in total. The number of hydrogen-bond acceptors (Lipinski definition) is 5. The van der Waals surface area contributed by atoms with Crippen molar-refractivity contribution in [2.75, 3.05) is 13.2 Å². The number of nitrogens with two attached hydrogens (primary N) is 2. The first-order chi connectivity index (χ1) is 17.8. The Balaban J connectivity index is 2.03. The molecule has 3 atom stereocenters. The molecule has 1 fully saturated rings. The van der Waals surface area contributed by atoms with Crippen LogP contribution in [0.2, 0.25) is 25.7 Å². The van der Waals surface area contributed by atoms with Crippen LogP contribution in [0.1, 0.15) is 70.3 Å². The average molecular weight is 591 g/mol. The molecular formula is C27H45F3N4O3SSi. The Labute approximate surface area is 233 Å². The van der Waals surface area contributed by atoms with Crippen molar-refractivity contribution in [1.82, 2.24) is 9.55 Å². The summed E-state index contributed by atoms with van der Waals surface area (Å²) in [5, 5.41) is 5.78. The van der Waals surface area contributed by atoms with Gasteiger partial charge < -0.3 is 19.8 Å². The van der Waals surface area contributed by atoms with Gasteiger partial charge in [-0.05, 0) is 76.6 Å². The van der Waals surface area contributed by atoms with E-state index in [1.165, 1.54) is 0 Å². The highest BCUT2D eigenvalue weighted by atomic mass is 32.2. The van der Waals surface area contributed by atoms with Crippen LogP contribution in [-0.4, -0.2) is 51.6 Å². The molecule has 0 radical (unpaired) electrons. The van der Waals surface area contributed by atoms with Gasteiger partial charge in [-0.15, -0.1) is 0 Å². The Morgan fingerprint density at radius 2 is 1.82 bits per heavy atom. The van der Waals surface area contributed by atoms with Gasteiger partial charge >= 0.3 is 6.18 Å². The van der Waals surface area contributed by atoms with E-state index < -0.39 is 41.5 Å². The molecule has 1 aromatic heterocycles. The lowest BCUT2D eigenvalue weighted by molar-refractivity contribution is -0.265. The zero-order chi connectivity index (χ0) is 29.4. The van der Waals surface area contributed by atoms with Gasteiger partial charge in [0.2, 0.25) is 0 Å². The number of alkyl halides is 3. The molecule has 3 rings (SSSR count). The number of halogens is 3. The number of hydrogen-bond donors (Lipinski definition) is 2. The van der Waals surface area contributed by atoms with Crippen LogP contribution in [0.4, 0.5) is 13.2 Å². The molecule has 1 unspecified atom stereocenters. The summed E-state index contributed by atoms with van der Waals surface area (Å²) in [6.45, 7) is 12.8. The van der Waals surface area contributed by atoms with Gasteiger partial charge in [-0.2, -0.15) is 13.2 Å². The lowest BCUT2D eigenvalue weighted by atomic mass is 9.95. The third-order valence-electron chi connectivity index (χ3n) is 7.51. The molecule has 39 heavy (non-hydrogen) atoms. The molecule has 0 aliphatic heterocycles. The lowest BCUT2D eigenvalue weighted by Gasteiger charge is -2.32. The van der Waals surface area contributed by atoms with E-state index in [4.69, 9.17) is 25.3 Å². The fraction of sp³-hybridized carbons (Fsp3) is 0.741. The minimum Gasteiger partial charge on any atom is -0.365 e. The van der Waals surface area contributed by atoms with Crippen LogP contribution in [0, 0.1) is 5.92 Å². The molecule has 2 aromatic rings. The SMILES string of the molecule is CC(C)(C[C@@H](COC(C)(C)C(F)(F)F)c1nc2cc([C@H](N)C3CC3)ccc2n1COCC[Si](C)(C)C)S(N)=O. The van der Waals surface area contributed by atoms with Crippen molar-refractivity contribution >= 4 is 30.1 Å². The van der Waals surface area contributed by atoms with Crippen molar-refractivity contribution in [1.29, 1.82) is 0 Å². The van der Waals surface area contributed by atoms with E-state index in [9.17, 15) is 17.4 Å². The number of rotatable bonds is 14. The van der Waals surface area contributed by atoms with Crippen LogP contribution >= 0.6 is 0 Å². The second-order valence-corrected chi connectivity index (χ2v) is 20.5. The molecule has 1 aromatic carbocycles. The number of benzene rings is 1. The van der Waals surface area contributed by atoms with Crippen LogP contribution in [0.5, 0.6) is 0 Å². The van der Waals surface area contributed by atoms with Crippen molar-refractivity contribution in [3.63, 3.8) is 0 Å². The molecule has 0 amide bonds. The third kappa shape index (κ3) is 8.35. The van der Waals surface area contributed by atoms with E-state index in [0.717, 1.165) is 43.8 Å². The molecule has 1 saturated carbocycles. The summed E-state index contributed by atoms with van der Waals surface area (Å²) in [6.07, 6.45) is -2.15. The number of fused-ring (bicyclic) bond motifs is 1. The molecule has 4 N–H and O–H groups in total. The molecule has 0 saturated heterocycles. The maximum Gasteiger partial charge on any atom is 0.416 e. The second kappa shape index (κ2) is 11.9. The Morgan fingerprint density at radius 1 is 1.18 bits per heavy atom. The van der Waals surface area contributed by atoms with Crippen LogP contribution in [0.25, 0.3) is 11.0 Å². The highest BCUT2D eigenvalue weighted by Crippen LogP contribution is 2.41. The van der Waals surface area contributed by atoms with Gasteiger partial charge in [-0.1, -0.05) is 25.7 Å². The zero-order valence-electron chi connectivity index (χ0n) is 24.2. The van der Waals surface area contributed by atoms with Crippen molar-refractivity contribution in [3.8, 4) is 0 Å². The number of aromatic nitrogens is 2. The maximum atomic E-state index is 13.6. The summed E-state index contributed by atoms with van der Waals surface area (Å²) in [7, 11) is -3.05. The Hall–Kier alpha value is -1.31. The Morgan fingerprint density at radius 3 is 2.36 bits per heavy atom. The van der Waals surface area contributed by atoms with Crippen molar-refractivity contribution in [2.24, 2.45) is 16.8 Å². The summed E-state index contributed by atoms with van der Waals surface area (Å²) < 4.78 is 65.9. The Bertz CT molecular complexity index is 1160. The molecular weight excluding hydrogens is 545 g/mol. The minimum atomic E-state index is -4.56. The average Bonchev–Trinajstić information content (AvgIpc) is 3.59. The van der Waals surface area contributed by atoms with Crippen LogP contribution in [0.3, 0.4) is 0 Å². The normalized spacial score (nSPS) is 17.9. The predicted molar refractivity (Wildman–Crippen MR) is 153 cm³/mol. The highest BCUT2D eigenvalue weighted by molar-refractivity contribution is 7.84. The first-order valence-electron chi connectivity index (χ1n) is 13.5. The van der Waals surface area contributed by atoms with E-state index in [1.54, 1.807) is 13.8 Å². The van der Waals surface area contributed by atoms with Gasteiger partial charge in [0.05, 0.1) is 33.4 Å². The van der Waals surface area contributed by atoms with Gasteiger partial charge in [0.1, 0.15) is 12.6 Å². The third-order valence-corrected chi connectivity index (χ3v) is 10.5. The fourth-order valence-corrected chi connectivity index (χ4v) is 5.50. The van der Waals surface area contributed by atoms with E-state index in [-0.39, 0.29) is 25.8 Å². The quantitative estimate of drug-likeness (QED) is 0.208. The predicted octanol–water partition coefficient (Wildman–Crippen LogP) is 5.99. The van der Waals surface area contributed by atoms with E-state index >= 15 is 0 Å². The van der Waals surface area contributed by atoms with Gasteiger partial charge in [-0.25, -0.2) is 9.19 Å². The van der Waals surface area contributed by atoms with Crippen LogP contribution < -0.4 is 10.9 Å². The van der Waals surface area contributed by atoms with Crippen molar-refractivity contribution in [3.05, 3.63) is 29.6 Å². The van der Waals surface area contributed by atoms with Gasteiger partial charge in [0, 0.05) is 26.6 Å². The van der Waals surface area contributed by atoms with E-state index in [2.05, 4.69) is 19.6 Å². The molecule has 0 bridgehead atoms. The monoisotopic (exact) mass is 590 g/mol. The largest absolute Gasteiger partial charge is 0.416 e. The van der Waals surface area contributed by atoms with Crippen molar-refractivity contribution < 1.29 is 26.9 Å². The van der Waals surface area contributed by atoms with E-state index in [1.807, 2.05) is 22.8 Å². The number of nitrogens with zero attached hydrogens (tertiary/aromatic N) is 2. The van der Waals surface area contributed by atoms with Crippen LogP contribution in [0.15, 0.2) is 18.2 Å². The Kier molecular flexibility index (Phi) is 9.82. The highest BCUT2D eigenvalue weighted by Gasteiger charge is 2.49. The summed E-state index contributed by atoms with van der Waals surface area (Å²) in [5.41, 5.74) is 6.57. The molecule has 12 heteroatoms. The number of imidazole rings is 1. The van der Waals surface area contributed by atoms with Gasteiger partial charge in [0.25, 0.3) is 0 Å². The lowest BCUT2D eigenvalue weighted by Crippen LogP contribution is -2.43. The summed E-state index contributed by atoms with van der Waals surface area (Å²) in [4.78, 5) is 4.90. The standard InChI is InChI=1S/C27H45F3N4O3SSi/c1-25(2,38(32)35)15-20(16-37-26(3,4)27(28,29)30)24-33-21-14-19(23(31)18-8-9-18)10-11-22(21)34(24)17-36-12-13-39(5,6)7/h10-11,14,18,20,23H,8-9,12-13,15-17,31-32H2,1-7H3/t20-,23+,38?/m0/s1. The number of ether oxygens (including phenoxy) is 2. The van der Waals surface area contributed by atoms with Crippen molar-refractivity contribution in [2.45, 2.75) is 108 Å². The fourth-order valence-electron chi connectivity index (χ4n) is 4.37. The van der Waals surface area contributed by atoms with E-state index in [0.29, 0.717) is 23.9 Å². The zero-order valence-corrected chi connectivity index (χ0v) is 26.0. The first-order valence-corrected chi connectivity index (χ1v) is 18.4. The van der Waals surface area contributed by atoms with Crippen LogP contribution in [-0.2, 0) is 27.2 Å². The molecule has 1 aliphatic carbocycles. The summed E-state index contributed by atoms with van der Waals surface area (Å²) in [5.74, 6) is 0.356. The first kappa shape index (κ1) is 32.2. The molecule has 1 heterocycles. The molecule has 222 valence electrons. The molecule has 1 aliphatic rings. The smallest absolute Gasteiger partial charge is 0.365 e. The summed E-state index contributed by atoms with van der Waals surface area (Å²) in [6, 6.07) is 6.80. The minimum absolute atomic E-state index is 0.0821. The summed E-state index contributed by atoms with van der Waals surface area (Å²) >= 11 is 0. The van der Waals surface area contributed by atoms with Gasteiger partial charge in [-0.3, -0.25) is 5.14 Å². The molecule has 0 spiro atoms. The maximum absolute atomic E-state index is 13.6. The second-order valence-electron chi connectivity index (χ2n) is 13.1.